The van der Waals surface area contributed by atoms with Gasteiger partial charge in [0, 0.05) is 31.9 Å². The minimum atomic E-state index is -0.656. The molecule has 2 amide bonds. The molecule has 0 spiro atoms. The summed E-state index contributed by atoms with van der Waals surface area (Å²) in [5.74, 6) is -0.0720. The largest absolute Gasteiger partial charge is 0.481 e. The highest BCUT2D eigenvalue weighted by atomic mass is 19.1. The van der Waals surface area contributed by atoms with Crippen LogP contribution < -0.4 is 10.1 Å². The van der Waals surface area contributed by atoms with Crippen molar-refractivity contribution in [2.45, 2.75) is 20.0 Å². The van der Waals surface area contributed by atoms with Crippen molar-refractivity contribution in [2.75, 3.05) is 38.0 Å². The smallest absolute Gasteiger partial charge is 0.263 e. The van der Waals surface area contributed by atoms with Crippen LogP contribution in [0.25, 0.3) is 0 Å². The number of carbonyl (C=O) groups excluding carboxylic acids is 2. The number of nitrogens with one attached hydrogen (secondary N) is 1. The fraction of sp³-hybridized carbons (Fsp3) is 0.364. The first kappa shape index (κ1) is 20.8. The molecule has 29 heavy (non-hydrogen) atoms. The molecule has 1 N–H and O–H groups in total. The molecule has 1 fully saturated rings. The molecule has 0 bridgehead atoms. The van der Waals surface area contributed by atoms with Gasteiger partial charge < -0.3 is 15.0 Å². The Balaban J connectivity index is 1.43. The molecule has 1 saturated heterocycles. The maximum atomic E-state index is 13.0. The van der Waals surface area contributed by atoms with Gasteiger partial charge in [-0.15, -0.1) is 0 Å². The van der Waals surface area contributed by atoms with Crippen molar-refractivity contribution in [2.24, 2.45) is 0 Å². The van der Waals surface area contributed by atoms with Crippen molar-refractivity contribution in [3.63, 3.8) is 0 Å². The zero-order chi connectivity index (χ0) is 20.8. The van der Waals surface area contributed by atoms with Crippen LogP contribution in [0, 0.1) is 12.7 Å². The summed E-state index contributed by atoms with van der Waals surface area (Å²) in [7, 11) is 0. The fourth-order valence-corrected chi connectivity index (χ4v) is 3.19. The number of carbonyl (C=O) groups is 2. The third-order valence-electron chi connectivity index (χ3n) is 4.86. The van der Waals surface area contributed by atoms with Crippen molar-refractivity contribution in [3.05, 3.63) is 59.9 Å². The normalized spacial score (nSPS) is 15.6. The van der Waals surface area contributed by atoms with Crippen LogP contribution in [0.15, 0.2) is 48.5 Å². The second-order valence-corrected chi connectivity index (χ2v) is 7.23. The third-order valence-corrected chi connectivity index (χ3v) is 4.86. The van der Waals surface area contributed by atoms with E-state index in [0.29, 0.717) is 31.9 Å². The summed E-state index contributed by atoms with van der Waals surface area (Å²) < 4.78 is 18.6. The summed E-state index contributed by atoms with van der Waals surface area (Å²) in [6.45, 7) is 6.29. The predicted molar refractivity (Wildman–Crippen MR) is 109 cm³/mol. The van der Waals surface area contributed by atoms with E-state index >= 15 is 0 Å². The second kappa shape index (κ2) is 9.52. The van der Waals surface area contributed by atoms with Gasteiger partial charge in [-0.3, -0.25) is 14.5 Å². The quantitative estimate of drug-likeness (QED) is 0.811. The Morgan fingerprint density at radius 3 is 2.28 bits per heavy atom. The maximum absolute atomic E-state index is 13.0. The second-order valence-electron chi connectivity index (χ2n) is 7.23. The Bertz CT molecular complexity index is 831. The van der Waals surface area contributed by atoms with Gasteiger partial charge in [0.25, 0.3) is 5.91 Å². The summed E-state index contributed by atoms with van der Waals surface area (Å²) in [4.78, 5) is 28.6. The number of piperazine rings is 1. The zero-order valence-electron chi connectivity index (χ0n) is 16.7. The molecule has 6 nitrogen and oxygen atoms in total. The summed E-state index contributed by atoms with van der Waals surface area (Å²) >= 11 is 0. The first-order valence-corrected chi connectivity index (χ1v) is 9.70. The number of aryl methyl sites for hydroxylation is 1. The van der Waals surface area contributed by atoms with Gasteiger partial charge in [0.1, 0.15) is 11.6 Å². The van der Waals surface area contributed by atoms with E-state index in [9.17, 15) is 14.0 Å². The van der Waals surface area contributed by atoms with E-state index in [1.807, 2.05) is 36.1 Å². The Kier molecular flexibility index (Phi) is 6.82. The van der Waals surface area contributed by atoms with Gasteiger partial charge in [-0.25, -0.2) is 4.39 Å². The molecule has 154 valence electrons. The van der Waals surface area contributed by atoms with E-state index in [4.69, 9.17) is 4.74 Å². The highest BCUT2D eigenvalue weighted by Gasteiger charge is 2.26. The predicted octanol–water partition coefficient (Wildman–Crippen LogP) is 2.68. The number of ether oxygens (including phenoxy) is 1. The fourth-order valence-electron chi connectivity index (χ4n) is 3.19. The molecule has 7 heteroatoms. The van der Waals surface area contributed by atoms with Gasteiger partial charge >= 0.3 is 0 Å². The number of nitrogens with zero attached hydrogens (tertiary/aromatic N) is 2. The van der Waals surface area contributed by atoms with E-state index < -0.39 is 6.10 Å². The molecule has 0 aromatic heterocycles. The Hall–Kier alpha value is -2.93. The number of amides is 2. The molecular weight excluding hydrogens is 373 g/mol. The maximum Gasteiger partial charge on any atom is 0.263 e. The summed E-state index contributed by atoms with van der Waals surface area (Å²) in [5.41, 5.74) is 1.92. The molecule has 1 atom stereocenters. The lowest BCUT2D eigenvalue weighted by Crippen LogP contribution is -2.53. The molecule has 0 unspecified atom stereocenters. The standard InChI is InChI=1S/C22H26FN3O3/c1-16-3-7-19(8-4-16)24-21(27)15-25-11-13-26(14-12-25)22(28)17(2)29-20-9-5-18(23)6-10-20/h3-10,17H,11-15H2,1-2H3,(H,24,27)/t17-/m0/s1. The molecule has 0 radical (unpaired) electrons. The number of hydrogen-bond donors (Lipinski definition) is 1. The summed E-state index contributed by atoms with van der Waals surface area (Å²) in [5, 5.41) is 2.89. The first-order valence-electron chi connectivity index (χ1n) is 9.70. The monoisotopic (exact) mass is 399 g/mol. The van der Waals surface area contributed by atoms with Crippen LogP contribution in [0.2, 0.25) is 0 Å². The van der Waals surface area contributed by atoms with Gasteiger partial charge in [-0.1, -0.05) is 17.7 Å². The van der Waals surface area contributed by atoms with Crippen LogP contribution in [-0.4, -0.2) is 60.4 Å². The van der Waals surface area contributed by atoms with Crippen molar-refractivity contribution < 1.29 is 18.7 Å². The van der Waals surface area contributed by atoms with Crippen LogP contribution in [0.1, 0.15) is 12.5 Å². The lowest BCUT2D eigenvalue weighted by Gasteiger charge is -2.35. The minimum Gasteiger partial charge on any atom is -0.481 e. The number of hydrogen-bond acceptors (Lipinski definition) is 4. The summed E-state index contributed by atoms with van der Waals surface area (Å²) in [6.07, 6.45) is -0.656. The van der Waals surface area contributed by atoms with Crippen LogP contribution in [0.4, 0.5) is 10.1 Å². The van der Waals surface area contributed by atoms with Crippen molar-refractivity contribution >= 4 is 17.5 Å². The van der Waals surface area contributed by atoms with E-state index in [2.05, 4.69) is 5.32 Å². The highest BCUT2D eigenvalue weighted by molar-refractivity contribution is 5.92. The zero-order valence-corrected chi connectivity index (χ0v) is 16.7. The van der Waals surface area contributed by atoms with E-state index in [-0.39, 0.29) is 24.2 Å². The number of anilines is 1. The average Bonchev–Trinajstić information content (AvgIpc) is 2.71. The molecule has 1 aliphatic heterocycles. The summed E-state index contributed by atoms with van der Waals surface area (Å²) in [6, 6.07) is 13.3. The molecule has 3 rings (SSSR count). The number of halogens is 1. The van der Waals surface area contributed by atoms with E-state index in [0.717, 1.165) is 11.3 Å². The molecule has 0 saturated carbocycles. The number of benzene rings is 2. The van der Waals surface area contributed by atoms with Gasteiger partial charge in [0.2, 0.25) is 5.91 Å². The van der Waals surface area contributed by atoms with Gasteiger partial charge in [0.05, 0.1) is 6.54 Å². The molecular formula is C22H26FN3O3. The van der Waals surface area contributed by atoms with Crippen molar-refractivity contribution in [3.8, 4) is 5.75 Å². The highest BCUT2D eigenvalue weighted by Crippen LogP contribution is 2.15. The topological polar surface area (TPSA) is 61.9 Å². The number of rotatable bonds is 6. The average molecular weight is 399 g/mol. The van der Waals surface area contributed by atoms with Crippen LogP contribution >= 0.6 is 0 Å². The molecule has 0 aliphatic carbocycles. The molecule has 1 heterocycles. The molecule has 1 aliphatic rings. The Morgan fingerprint density at radius 2 is 1.66 bits per heavy atom. The van der Waals surface area contributed by atoms with Gasteiger partial charge in [-0.05, 0) is 50.2 Å². The Morgan fingerprint density at radius 1 is 1.03 bits per heavy atom. The lowest BCUT2D eigenvalue weighted by atomic mass is 10.2. The minimum absolute atomic E-state index is 0.0679. The Labute approximate surface area is 170 Å². The molecule has 2 aromatic rings. The van der Waals surface area contributed by atoms with Crippen molar-refractivity contribution in [1.29, 1.82) is 0 Å². The van der Waals surface area contributed by atoms with E-state index in [1.165, 1.54) is 24.3 Å². The van der Waals surface area contributed by atoms with E-state index in [1.54, 1.807) is 11.8 Å². The first-order chi connectivity index (χ1) is 13.9. The van der Waals surface area contributed by atoms with Crippen LogP contribution in [0.3, 0.4) is 0 Å². The van der Waals surface area contributed by atoms with Gasteiger partial charge in [-0.2, -0.15) is 0 Å². The van der Waals surface area contributed by atoms with Crippen LogP contribution in [-0.2, 0) is 9.59 Å². The van der Waals surface area contributed by atoms with Gasteiger partial charge in [0.15, 0.2) is 6.10 Å². The third kappa shape index (κ3) is 6.02. The SMILES string of the molecule is Cc1ccc(NC(=O)CN2CCN(C(=O)[C@H](C)Oc3ccc(F)cc3)CC2)cc1. The van der Waals surface area contributed by atoms with Crippen LogP contribution in [0.5, 0.6) is 5.75 Å². The molecule has 2 aromatic carbocycles. The lowest BCUT2D eigenvalue weighted by molar-refractivity contribution is -0.139. The van der Waals surface area contributed by atoms with Crippen molar-refractivity contribution in [1.82, 2.24) is 9.80 Å².